The van der Waals surface area contributed by atoms with Crippen molar-refractivity contribution in [2.45, 2.75) is 58.2 Å². The lowest BCUT2D eigenvalue weighted by molar-refractivity contribution is -0.132. The van der Waals surface area contributed by atoms with Gasteiger partial charge in [-0.15, -0.1) is 0 Å². The molecule has 1 aromatic rings. The maximum absolute atomic E-state index is 13.5. The summed E-state index contributed by atoms with van der Waals surface area (Å²) in [5.74, 6) is -1.52. The van der Waals surface area contributed by atoms with E-state index in [1.165, 1.54) is 19.1 Å². The Kier molecular flexibility index (Phi) is 7.75. The lowest BCUT2D eigenvalue weighted by atomic mass is 9.97. The van der Waals surface area contributed by atoms with Crippen LogP contribution < -0.4 is 5.32 Å². The summed E-state index contributed by atoms with van der Waals surface area (Å²) in [6.45, 7) is 7.70. The minimum atomic E-state index is -0.703. The number of rotatable bonds is 6. The van der Waals surface area contributed by atoms with Gasteiger partial charge >= 0.3 is 6.09 Å². The number of nitrogens with one attached hydrogen (secondary N) is 1. The molecule has 30 heavy (non-hydrogen) atoms. The van der Waals surface area contributed by atoms with Crippen molar-refractivity contribution in [2.24, 2.45) is 0 Å². The zero-order valence-electron chi connectivity index (χ0n) is 17.8. The van der Waals surface area contributed by atoms with Gasteiger partial charge in [0.2, 0.25) is 12.3 Å². The molecule has 3 amide bonds. The van der Waals surface area contributed by atoms with Crippen LogP contribution in [0.3, 0.4) is 0 Å². The van der Waals surface area contributed by atoms with Crippen molar-refractivity contribution in [1.29, 1.82) is 0 Å². The maximum atomic E-state index is 13.5. The van der Waals surface area contributed by atoms with E-state index >= 15 is 0 Å². The summed E-state index contributed by atoms with van der Waals surface area (Å²) in [5.41, 5.74) is -0.297. The first kappa shape index (κ1) is 23.6. The highest BCUT2D eigenvalue weighted by molar-refractivity contribution is 5.74. The normalized spacial score (nSPS) is 18.0. The van der Waals surface area contributed by atoms with E-state index in [-0.39, 0.29) is 18.9 Å². The maximum Gasteiger partial charge on any atom is 0.410 e. The molecule has 1 fully saturated rings. The first-order valence-corrected chi connectivity index (χ1v) is 9.88. The highest BCUT2D eigenvalue weighted by Gasteiger charge is 2.35. The summed E-state index contributed by atoms with van der Waals surface area (Å²) in [5, 5.41) is 2.66. The molecular formula is C21H29F2N3O4. The molecule has 1 saturated heterocycles. The molecule has 1 aliphatic rings. The molecule has 1 aromatic carbocycles. The molecule has 7 nitrogen and oxygen atoms in total. The first-order chi connectivity index (χ1) is 14.0. The fraction of sp³-hybridized carbons (Fsp3) is 0.571. The number of piperazine rings is 1. The van der Waals surface area contributed by atoms with Gasteiger partial charge in [-0.05, 0) is 51.3 Å². The summed E-state index contributed by atoms with van der Waals surface area (Å²) in [6.07, 6.45) is 0.479. The Hall–Kier alpha value is -2.71. The minimum absolute atomic E-state index is 0.115. The second-order valence-corrected chi connectivity index (χ2v) is 8.49. The number of ether oxygens (including phenoxy) is 1. The van der Waals surface area contributed by atoms with Gasteiger partial charge in [0.1, 0.15) is 17.2 Å². The number of benzene rings is 1. The molecule has 166 valence electrons. The van der Waals surface area contributed by atoms with Crippen molar-refractivity contribution in [3.8, 4) is 0 Å². The van der Waals surface area contributed by atoms with Crippen molar-refractivity contribution in [1.82, 2.24) is 15.1 Å². The molecule has 9 heteroatoms. The molecule has 2 rings (SSSR count). The second kappa shape index (κ2) is 9.86. The number of hydrogen-bond acceptors (Lipinski definition) is 4. The number of nitrogens with zero attached hydrogens (tertiary/aromatic N) is 2. The smallest absolute Gasteiger partial charge is 0.410 e. The minimum Gasteiger partial charge on any atom is -0.444 e. The van der Waals surface area contributed by atoms with E-state index in [4.69, 9.17) is 4.74 Å². The summed E-state index contributed by atoms with van der Waals surface area (Å²) >= 11 is 0. The average Bonchev–Trinajstić information content (AvgIpc) is 2.59. The first-order valence-electron chi connectivity index (χ1n) is 9.88. The monoisotopic (exact) mass is 425 g/mol. The lowest BCUT2D eigenvalue weighted by Crippen LogP contribution is -2.58. The Morgan fingerprint density at radius 3 is 2.40 bits per heavy atom. The molecule has 1 unspecified atom stereocenters. The quantitative estimate of drug-likeness (QED) is 0.711. The topological polar surface area (TPSA) is 79.0 Å². The van der Waals surface area contributed by atoms with E-state index in [0.717, 1.165) is 6.07 Å². The van der Waals surface area contributed by atoms with Crippen LogP contribution in [0.25, 0.3) is 0 Å². The lowest BCUT2D eigenvalue weighted by Gasteiger charge is -2.42. The number of amides is 3. The van der Waals surface area contributed by atoms with E-state index in [1.807, 2.05) is 0 Å². The van der Waals surface area contributed by atoms with Crippen LogP contribution in [0.15, 0.2) is 18.2 Å². The van der Waals surface area contributed by atoms with Crippen LogP contribution >= 0.6 is 0 Å². The van der Waals surface area contributed by atoms with Crippen LogP contribution in [-0.2, 0) is 20.7 Å². The summed E-state index contributed by atoms with van der Waals surface area (Å²) in [4.78, 5) is 38.9. The van der Waals surface area contributed by atoms with Gasteiger partial charge in [-0.3, -0.25) is 9.59 Å². The van der Waals surface area contributed by atoms with Crippen molar-refractivity contribution in [3.05, 3.63) is 35.4 Å². The summed E-state index contributed by atoms with van der Waals surface area (Å²) < 4.78 is 32.6. The van der Waals surface area contributed by atoms with Gasteiger partial charge in [0.25, 0.3) is 0 Å². The zero-order valence-corrected chi connectivity index (χ0v) is 17.8. The second-order valence-electron chi connectivity index (χ2n) is 8.49. The summed E-state index contributed by atoms with van der Waals surface area (Å²) in [6, 6.07) is 2.27. The molecule has 0 aliphatic carbocycles. The number of carbonyl (C=O) groups excluding carboxylic acids is 3. The molecule has 0 spiro atoms. The van der Waals surface area contributed by atoms with Crippen LogP contribution in [0.1, 0.15) is 39.7 Å². The molecule has 0 bridgehead atoms. The van der Waals surface area contributed by atoms with Crippen molar-refractivity contribution in [3.63, 3.8) is 0 Å². The standard InChI is InChI=1S/C21H29F2N3O4/c1-14(28)25-5-6-26(20(29)30-21(2,3)4)19(12-25)11-18(24-13-27)9-15-7-16(22)10-17(23)8-15/h7-8,10,13,18-19H,5-6,9,11-12H2,1-4H3,(H,24,27)/t18?,19-/m0/s1. The van der Waals surface area contributed by atoms with E-state index < -0.39 is 35.4 Å². The zero-order chi connectivity index (χ0) is 22.5. The average molecular weight is 425 g/mol. The molecule has 1 aliphatic heterocycles. The van der Waals surface area contributed by atoms with Gasteiger partial charge in [-0.25, -0.2) is 13.6 Å². The van der Waals surface area contributed by atoms with E-state index in [0.29, 0.717) is 31.5 Å². The third kappa shape index (κ3) is 6.96. The van der Waals surface area contributed by atoms with E-state index in [2.05, 4.69) is 5.32 Å². The number of carbonyl (C=O) groups is 3. The third-order valence-electron chi connectivity index (χ3n) is 4.82. The van der Waals surface area contributed by atoms with Gasteiger partial charge < -0.3 is 19.9 Å². The number of hydrogen-bond donors (Lipinski definition) is 1. The molecule has 0 radical (unpaired) electrons. The van der Waals surface area contributed by atoms with Crippen LogP contribution in [0, 0.1) is 11.6 Å². The highest BCUT2D eigenvalue weighted by atomic mass is 19.1. The van der Waals surface area contributed by atoms with Crippen molar-refractivity contribution >= 4 is 18.4 Å². The molecule has 0 saturated carbocycles. The number of halogens is 2. The fourth-order valence-electron chi connectivity index (χ4n) is 3.55. The van der Waals surface area contributed by atoms with Crippen LogP contribution in [0.4, 0.5) is 13.6 Å². The van der Waals surface area contributed by atoms with Gasteiger partial charge in [0, 0.05) is 38.7 Å². The van der Waals surface area contributed by atoms with Crippen molar-refractivity contribution < 1.29 is 27.9 Å². The Morgan fingerprint density at radius 2 is 1.87 bits per heavy atom. The van der Waals surface area contributed by atoms with Gasteiger partial charge in [-0.1, -0.05) is 0 Å². The third-order valence-corrected chi connectivity index (χ3v) is 4.82. The predicted octanol–water partition coefficient (Wildman–Crippen LogP) is 2.48. The van der Waals surface area contributed by atoms with Gasteiger partial charge in [0.05, 0.1) is 6.04 Å². The Bertz CT molecular complexity index is 762. The molecule has 0 aromatic heterocycles. The largest absolute Gasteiger partial charge is 0.444 e. The highest BCUT2D eigenvalue weighted by Crippen LogP contribution is 2.21. The SMILES string of the molecule is CC(=O)N1CCN(C(=O)OC(C)(C)C)[C@@H](CC(Cc2cc(F)cc(F)c2)NC=O)C1. The van der Waals surface area contributed by atoms with Crippen LogP contribution in [-0.4, -0.2) is 65.5 Å². The van der Waals surface area contributed by atoms with E-state index in [1.54, 1.807) is 30.6 Å². The Labute approximate surface area is 175 Å². The Balaban J connectivity index is 2.21. The Morgan fingerprint density at radius 1 is 1.23 bits per heavy atom. The molecular weight excluding hydrogens is 396 g/mol. The van der Waals surface area contributed by atoms with E-state index in [9.17, 15) is 23.2 Å². The summed E-state index contributed by atoms with van der Waals surface area (Å²) in [7, 11) is 0. The molecule has 1 N–H and O–H groups in total. The predicted molar refractivity (Wildman–Crippen MR) is 107 cm³/mol. The molecule has 2 atom stereocenters. The fourth-order valence-corrected chi connectivity index (χ4v) is 3.55. The van der Waals surface area contributed by atoms with Gasteiger partial charge in [0.15, 0.2) is 0 Å². The van der Waals surface area contributed by atoms with Crippen LogP contribution in [0.2, 0.25) is 0 Å². The van der Waals surface area contributed by atoms with Gasteiger partial charge in [-0.2, -0.15) is 0 Å². The molecule has 1 heterocycles. The van der Waals surface area contributed by atoms with Crippen molar-refractivity contribution in [2.75, 3.05) is 19.6 Å². The van der Waals surface area contributed by atoms with Crippen LogP contribution in [0.5, 0.6) is 0 Å².